The Kier molecular flexibility index (Phi) is 6.04. The largest absolute Gasteiger partial charge is 0.467 e. The van der Waals surface area contributed by atoms with Gasteiger partial charge in [0.25, 0.3) is 0 Å². The van der Waals surface area contributed by atoms with Crippen LogP contribution in [-0.2, 0) is 11.2 Å². The highest BCUT2D eigenvalue weighted by atomic mass is 35.5. The smallest absolute Gasteiger partial charge is 0.220 e. The second-order valence-corrected chi connectivity index (χ2v) is 5.73. The molecule has 22 heavy (non-hydrogen) atoms. The maximum absolute atomic E-state index is 11.9. The molecule has 2 aromatic rings. The fourth-order valence-electron chi connectivity index (χ4n) is 2.29. The monoisotopic (exact) mass is 321 g/mol. The van der Waals surface area contributed by atoms with E-state index >= 15 is 0 Å². The molecule has 0 saturated carbocycles. The topological polar surface area (TPSA) is 62.5 Å². The average molecular weight is 322 g/mol. The van der Waals surface area contributed by atoms with Gasteiger partial charge in [-0.25, -0.2) is 0 Å². The first-order valence-corrected chi connectivity index (χ1v) is 7.68. The van der Waals surface area contributed by atoms with Crippen molar-refractivity contribution < 1.29 is 14.3 Å². The van der Waals surface area contributed by atoms with E-state index in [4.69, 9.17) is 16.0 Å². The molecule has 2 atom stereocenters. The van der Waals surface area contributed by atoms with Gasteiger partial charge < -0.3 is 14.8 Å². The normalized spacial score (nSPS) is 13.6. The molecule has 0 saturated heterocycles. The van der Waals surface area contributed by atoms with Crippen LogP contribution in [0.5, 0.6) is 0 Å². The SMILES string of the molecule is CC(CC(O)c1ccco1)NC(=O)CCc1ccccc1Cl. The number of carbonyl (C=O) groups excluding carboxylic acids is 1. The molecule has 2 unspecified atom stereocenters. The molecule has 5 heteroatoms. The molecule has 0 bridgehead atoms. The van der Waals surface area contributed by atoms with Crippen molar-refractivity contribution in [1.29, 1.82) is 0 Å². The van der Waals surface area contributed by atoms with E-state index in [-0.39, 0.29) is 11.9 Å². The van der Waals surface area contributed by atoms with E-state index in [0.29, 0.717) is 30.0 Å². The maximum atomic E-state index is 11.9. The highest BCUT2D eigenvalue weighted by Crippen LogP contribution is 2.19. The predicted octanol–water partition coefficient (Wildman–Crippen LogP) is 3.49. The highest BCUT2D eigenvalue weighted by molar-refractivity contribution is 6.31. The van der Waals surface area contributed by atoms with Crippen LogP contribution < -0.4 is 5.32 Å². The molecule has 4 nitrogen and oxygen atoms in total. The molecule has 1 aromatic heterocycles. The molecule has 2 N–H and O–H groups in total. The lowest BCUT2D eigenvalue weighted by Crippen LogP contribution is -2.33. The number of halogens is 1. The van der Waals surface area contributed by atoms with Crippen molar-refractivity contribution in [2.45, 2.75) is 38.3 Å². The lowest BCUT2D eigenvalue weighted by Gasteiger charge is -2.16. The molecule has 1 amide bonds. The van der Waals surface area contributed by atoms with E-state index in [0.717, 1.165) is 5.56 Å². The van der Waals surface area contributed by atoms with Gasteiger partial charge in [0, 0.05) is 23.9 Å². The number of rotatable bonds is 7. The Morgan fingerprint density at radius 1 is 1.32 bits per heavy atom. The van der Waals surface area contributed by atoms with Gasteiger partial charge in [-0.05, 0) is 37.1 Å². The van der Waals surface area contributed by atoms with Gasteiger partial charge in [0.15, 0.2) is 0 Å². The fourth-order valence-corrected chi connectivity index (χ4v) is 2.52. The summed E-state index contributed by atoms with van der Waals surface area (Å²) in [6, 6.07) is 10.8. The van der Waals surface area contributed by atoms with Crippen LogP contribution in [-0.4, -0.2) is 17.1 Å². The van der Waals surface area contributed by atoms with Crippen molar-refractivity contribution in [3.63, 3.8) is 0 Å². The number of aryl methyl sites for hydroxylation is 1. The number of carbonyl (C=O) groups is 1. The van der Waals surface area contributed by atoms with E-state index in [1.807, 2.05) is 31.2 Å². The van der Waals surface area contributed by atoms with Crippen molar-refractivity contribution in [3.05, 3.63) is 59.0 Å². The standard InChI is InChI=1S/C17H20ClNO3/c1-12(11-15(20)16-7-4-10-22-16)19-17(21)9-8-13-5-2-3-6-14(13)18/h2-7,10,12,15,20H,8-9,11H2,1H3,(H,19,21). The summed E-state index contributed by atoms with van der Waals surface area (Å²) >= 11 is 6.06. The fraction of sp³-hybridized carbons (Fsp3) is 0.353. The molecular formula is C17H20ClNO3. The summed E-state index contributed by atoms with van der Waals surface area (Å²) in [5.41, 5.74) is 0.961. The summed E-state index contributed by atoms with van der Waals surface area (Å²) in [5, 5.41) is 13.5. The van der Waals surface area contributed by atoms with Gasteiger partial charge in [-0.1, -0.05) is 29.8 Å². The summed E-state index contributed by atoms with van der Waals surface area (Å²) in [4.78, 5) is 11.9. The molecule has 1 aromatic carbocycles. The molecule has 118 valence electrons. The first-order valence-electron chi connectivity index (χ1n) is 7.30. The zero-order valence-electron chi connectivity index (χ0n) is 12.5. The Morgan fingerprint density at radius 2 is 2.09 bits per heavy atom. The summed E-state index contributed by atoms with van der Waals surface area (Å²) in [5.74, 6) is 0.455. The minimum absolute atomic E-state index is 0.0564. The molecule has 0 radical (unpaired) electrons. The zero-order valence-corrected chi connectivity index (χ0v) is 13.2. The maximum Gasteiger partial charge on any atom is 0.220 e. The number of aliphatic hydroxyl groups excluding tert-OH is 1. The minimum Gasteiger partial charge on any atom is -0.467 e. The van der Waals surface area contributed by atoms with Crippen LogP contribution in [0.1, 0.15) is 37.2 Å². The average Bonchev–Trinajstić information content (AvgIpc) is 3.00. The Labute approximate surface area is 135 Å². The summed E-state index contributed by atoms with van der Waals surface area (Å²) in [7, 11) is 0. The molecule has 0 fully saturated rings. The molecule has 0 aliphatic rings. The lowest BCUT2D eigenvalue weighted by atomic mass is 10.1. The molecular weight excluding hydrogens is 302 g/mol. The van der Waals surface area contributed by atoms with Crippen LogP contribution >= 0.6 is 11.6 Å². The third-order valence-electron chi connectivity index (χ3n) is 3.44. The molecule has 2 rings (SSSR count). The molecule has 0 spiro atoms. The van der Waals surface area contributed by atoms with Gasteiger partial charge in [0.2, 0.25) is 5.91 Å². The van der Waals surface area contributed by atoms with Crippen molar-refractivity contribution in [2.75, 3.05) is 0 Å². The van der Waals surface area contributed by atoms with E-state index in [9.17, 15) is 9.90 Å². The van der Waals surface area contributed by atoms with Crippen molar-refractivity contribution in [1.82, 2.24) is 5.32 Å². The third kappa shape index (κ3) is 4.90. The Hall–Kier alpha value is -1.78. The van der Waals surface area contributed by atoms with Gasteiger partial charge in [0.1, 0.15) is 11.9 Å². The second-order valence-electron chi connectivity index (χ2n) is 5.33. The van der Waals surface area contributed by atoms with Crippen molar-refractivity contribution in [3.8, 4) is 0 Å². The van der Waals surface area contributed by atoms with E-state index in [1.165, 1.54) is 6.26 Å². The van der Waals surface area contributed by atoms with Gasteiger partial charge >= 0.3 is 0 Å². The van der Waals surface area contributed by atoms with Crippen LogP contribution in [0.2, 0.25) is 5.02 Å². The van der Waals surface area contributed by atoms with Crippen molar-refractivity contribution >= 4 is 17.5 Å². The van der Waals surface area contributed by atoms with E-state index < -0.39 is 6.10 Å². The van der Waals surface area contributed by atoms with Gasteiger partial charge in [-0.15, -0.1) is 0 Å². The lowest BCUT2D eigenvalue weighted by molar-refractivity contribution is -0.121. The van der Waals surface area contributed by atoms with Crippen LogP contribution in [0, 0.1) is 0 Å². The van der Waals surface area contributed by atoms with Crippen LogP contribution in [0.4, 0.5) is 0 Å². The summed E-state index contributed by atoms with van der Waals surface area (Å²) in [6.07, 6.45) is 2.18. The second kappa shape index (κ2) is 8.01. The zero-order chi connectivity index (χ0) is 15.9. The van der Waals surface area contributed by atoms with Crippen molar-refractivity contribution in [2.24, 2.45) is 0 Å². The number of benzene rings is 1. The molecule has 1 heterocycles. The van der Waals surface area contributed by atoms with Gasteiger partial charge in [0.05, 0.1) is 6.26 Å². The van der Waals surface area contributed by atoms with Gasteiger partial charge in [-0.3, -0.25) is 4.79 Å². The minimum atomic E-state index is -0.714. The number of furan rings is 1. The van der Waals surface area contributed by atoms with E-state index in [1.54, 1.807) is 12.1 Å². The Balaban J connectivity index is 1.76. The van der Waals surface area contributed by atoms with Gasteiger partial charge in [-0.2, -0.15) is 0 Å². The Morgan fingerprint density at radius 3 is 2.77 bits per heavy atom. The Bertz CT molecular complexity index is 598. The molecule has 0 aliphatic heterocycles. The first kappa shape index (κ1) is 16.6. The number of aliphatic hydroxyl groups is 1. The predicted molar refractivity (Wildman–Crippen MR) is 85.7 cm³/mol. The van der Waals surface area contributed by atoms with Crippen LogP contribution in [0.15, 0.2) is 47.1 Å². The summed E-state index contributed by atoms with van der Waals surface area (Å²) in [6.45, 7) is 1.86. The van der Waals surface area contributed by atoms with Crippen LogP contribution in [0.25, 0.3) is 0 Å². The van der Waals surface area contributed by atoms with Crippen LogP contribution in [0.3, 0.4) is 0 Å². The quantitative estimate of drug-likeness (QED) is 0.820. The number of amides is 1. The molecule has 0 aliphatic carbocycles. The summed E-state index contributed by atoms with van der Waals surface area (Å²) < 4.78 is 5.14. The first-order chi connectivity index (χ1) is 10.6. The van der Waals surface area contributed by atoms with E-state index in [2.05, 4.69) is 5.32 Å². The highest BCUT2D eigenvalue weighted by Gasteiger charge is 2.16. The number of nitrogens with one attached hydrogen (secondary N) is 1. The third-order valence-corrected chi connectivity index (χ3v) is 3.80. The number of hydrogen-bond acceptors (Lipinski definition) is 3. The number of hydrogen-bond donors (Lipinski definition) is 2.